The van der Waals surface area contributed by atoms with Crippen LogP contribution in [0.4, 0.5) is 0 Å². The third-order valence-corrected chi connectivity index (χ3v) is 4.23. The summed E-state index contributed by atoms with van der Waals surface area (Å²) in [4.78, 5) is 23.9. The number of hydrogen-bond donors (Lipinski definition) is 3. The monoisotopic (exact) mass is 343 g/mol. The average Bonchev–Trinajstić information content (AvgIpc) is 2.60. The van der Waals surface area contributed by atoms with Crippen LogP contribution in [0.2, 0.25) is 0 Å². The second kappa shape index (κ2) is 9.25. The quantitative estimate of drug-likeness (QED) is 0.612. The molecule has 0 aliphatic rings. The first-order valence-electron chi connectivity index (χ1n) is 7.80. The number of rotatable bonds is 9. The Hall–Kier alpha value is -2.11. The van der Waals surface area contributed by atoms with Gasteiger partial charge in [-0.2, -0.15) is 12.6 Å². The van der Waals surface area contributed by atoms with Crippen LogP contribution in [0.1, 0.15) is 17.0 Å². The number of carbonyl (C=O) groups excluding carboxylic acids is 1. The highest BCUT2D eigenvalue weighted by Gasteiger charge is 2.23. The fourth-order valence-electron chi connectivity index (χ4n) is 2.51. The molecule has 0 saturated heterocycles. The van der Waals surface area contributed by atoms with E-state index in [9.17, 15) is 9.59 Å². The van der Waals surface area contributed by atoms with Gasteiger partial charge < -0.3 is 10.4 Å². The first-order valence-corrected chi connectivity index (χ1v) is 8.43. The van der Waals surface area contributed by atoms with Crippen LogP contribution in [0.15, 0.2) is 60.7 Å². The highest BCUT2D eigenvalue weighted by Crippen LogP contribution is 2.18. The minimum Gasteiger partial charge on any atom is -0.480 e. The molecule has 2 rings (SSSR count). The van der Waals surface area contributed by atoms with Gasteiger partial charge in [-0.25, -0.2) is 0 Å². The number of carboxylic acids is 1. The topological polar surface area (TPSA) is 66.4 Å². The molecule has 0 amide bonds. The Kier molecular flexibility index (Phi) is 7.03. The third kappa shape index (κ3) is 5.22. The molecule has 0 aromatic heterocycles. The van der Waals surface area contributed by atoms with E-state index in [1.54, 1.807) is 0 Å². The van der Waals surface area contributed by atoms with E-state index >= 15 is 0 Å². The van der Waals surface area contributed by atoms with Gasteiger partial charge in [-0.05, 0) is 11.1 Å². The molecule has 1 unspecified atom stereocenters. The maximum absolute atomic E-state index is 12.8. The minimum absolute atomic E-state index is 0.0585. The van der Waals surface area contributed by atoms with E-state index in [1.165, 1.54) is 0 Å². The van der Waals surface area contributed by atoms with Crippen molar-refractivity contribution in [3.8, 4) is 0 Å². The van der Waals surface area contributed by atoms with Crippen molar-refractivity contribution in [2.75, 3.05) is 12.3 Å². The van der Waals surface area contributed by atoms with Crippen LogP contribution in [0.3, 0.4) is 0 Å². The summed E-state index contributed by atoms with van der Waals surface area (Å²) in [5, 5.41) is 12.1. The maximum Gasteiger partial charge on any atom is 0.321 e. The summed E-state index contributed by atoms with van der Waals surface area (Å²) in [6, 6.07) is 18.2. The molecule has 0 radical (unpaired) electrons. The van der Waals surface area contributed by atoms with Crippen molar-refractivity contribution in [1.29, 1.82) is 0 Å². The molecule has 2 N–H and O–H groups in total. The molecule has 2 aromatic rings. The zero-order chi connectivity index (χ0) is 17.4. The van der Waals surface area contributed by atoms with Crippen LogP contribution in [-0.4, -0.2) is 35.2 Å². The smallest absolute Gasteiger partial charge is 0.321 e. The van der Waals surface area contributed by atoms with Crippen LogP contribution >= 0.6 is 12.6 Å². The summed E-state index contributed by atoms with van der Waals surface area (Å²) >= 11 is 4.05. The molecule has 4 nitrogen and oxygen atoms in total. The summed E-state index contributed by atoms with van der Waals surface area (Å²) in [6.07, 6.45) is 0.320. The summed E-state index contributed by atoms with van der Waals surface area (Å²) in [5.74, 6) is -1.13. The number of thiol groups is 1. The van der Waals surface area contributed by atoms with E-state index in [-0.39, 0.29) is 18.1 Å². The Labute approximate surface area is 147 Å². The molecule has 0 aliphatic carbocycles. The molecular formula is C19H21NO3S. The maximum atomic E-state index is 12.8. The second-order valence-electron chi connectivity index (χ2n) is 5.57. The summed E-state index contributed by atoms with van der Waals surface area (Å²) in [6.45, 7) is 0.271. The minimum atomic E-state index is -0.965. The van der Waals surface area contributed by atoms with Crippen molar-refractivity contribution >= 4 is 24.4 Å². The lowest BCUT2D eigenvalue weighted by atomic mass is 9.90. The molecule has 126 valence electrons. The Morgan fingerprint density at radius 2 is 1.58 bits per heavy atom. The Balaban J connectivity index is 2.13. The van der Waals surface area contributed by atoms with Crippen molar-refractivity contribution in [2.45, 2.75) is 18.4 Å². The number of Topliss-reactive ketones (excluding diaryl/α,β-unsaturated/α-hetero) is 1. The molecule has 0 saturated carbocycles. The molecule has 2 atom stereocenters. The second-order valence-corrected chi connectivity index (χ2v) is 5.94. The van der Waals surface area contributed by atoms with Crippen molar-refractivity contribution in [1.82, 2.24) is 5.32 Å². The van der Waals surface area contributed by atoms with Gasteiger partial charge in [-0.3, -0.25) is 9.59 Å². The Morgan fingerprint density at radius 3 is 2.12 bits per heavy atom. The van der Waals surface area contributed by atoms with Gasteiger partial charge in [0.05, 0.1) is 5.92 Å². The van der Waals surface area contributed by atoms with E-state index in [1.807, 2.05) is 60.7 Å². The van der Waals surface area contributed by atoms with Gasteiger partial charge in [0.25, 0.3) is 0 Å². The molecule has 0 spiro atoms. The lowest BCUT2D eigenvalue weighted by molar-refractivity contribution is -0.139. The number of nitrogens with one attached hydrogen (secondary N) is 1. The van der Waals surface area contributed by atoms with Crippen LogP contribution in [0, 0.1) is 0 Å². The highest BCUT2D eigenvalue weighted by atomic mass is 32.1. The highest BCUT2D eigenvalue weighted by molar-refractivity contribution is 7.80. The number of ketones is 1. The van der Waals surface area contributed by atoms with E-state index in [2.05, 4.69) is 17.9 Å². The van der Waals surface area contributed by atoms with Crippen LogP contribution in [0.5, 0.6) is 0 Å². The zero-order valence-corrected chi connectivity index (χ0v) is 14.2. The fourth-order valence-corrected chi connectivity index (χ4v) is 2.80. The van der Waals surface area contributed by atoms with Crippen LogP contribution in [-0.2, 0) is 16.0 Å². The fraction of sp³-hybridized carbons (Fsp3) is 0.263. The molecule has 24 heavy (non-hydrogen) atoms. The molecule has 0 fully saturated rings. The normalized spacial score (nSPS) is 13.2. The van der Waals surface area contributed by atoms with Crippen molar-refractivity contribution < 1.29 is 14.7 Å². The van der Waals surface area contributed by atoms with Gasteiger partial charge in [0, 0.05) is 18.7 Å². The Bertz CT molecular complexity index is 661. The summed E-state index contributed by atoms with van der Waals surface area (Å²) in [7, 11) is 0. The number of benzene rings is 2. The number of hydrogen-bond acceptors (Lipinski definition) is 4. The van der Waals surface area contributed by atoms with Gasteiger partial charge in [0.2, 0.25) is 0 Å². The lowest BCUT2D eigenvalue weighted by Crippen LogP contribution is -2.41. The lowest BCUT2D eigenvalue weighted by Gasteiger charge is -2.20. The predicted octanol–water partition coefficient (Wildman–Crippen LogP) is 2.55. The van der Waals surface area contributed by atoms with Gasteiger partial charge in [0.1, 0.15) is 11.8 Å². The summed E-state index contributed by atoms with van der Waals surface area (Å²) < 4.78 is 0. The van der Waals surface area contributed by atoms with Gasteiger partial charge in [-0.1, -0.05) is 60.7 Å². The number of aliphatic carboxylic acids is 1. The molecule has 2 aromatic carbocycles. The molecular weight excluding hydrogens is 322 g/mol. The number of carboxylic acid groups (broad SMARTS) is 1. The predicted molar refractivity (Wildman–Crippen MR) is 97.6 cm³/mol. The van der Waals surface area contributed by atoms with E-state index in [4.69, 9.17) is 5.11 Å². The first-order chi connectivity index (χ1) is 11.6. The van der Waals surface area contributed by atoms with Gasteiger partial charge in [0.15, 0.2) is 0 Å². The molecule has 0 aliphatic heterocycles. The van der Waals surface area contributed by atoms with E-state index < -0.39 is 17.9 Å². The largest absolute Gasteiger partial charge is 0.480 e. The van der Waals surface area contributed by atoms with Crippen LogP contribution in [0.25, 0.3) is 0 Å². The Morgan fingerprint density at radius 1 is 1.00 bits per heavy atom. The third-order valence-electron chi connectivity index (χ3n) is 3.86. The van der Waals surface area contributed by atoms with E-state index in [0.717, 1.165) is 11.1 Å². The first kappa shape index (κ1) is 18.2. The average molecular weight is 343 g/mol. The molecule has 5 heteroatoms. The van der Waals surface area contributed by atoms with Gasteiger partial charge >= 0.3 is 5.97 Å². The molecule has 0 bridgehead atoms. The SMILES string of the molecule is O=C(Cc1ccccc1)C(CN[C@@H](CS)C(=O)O)c1ccccc1. The van der Waals surface area contributed by atoms with E-state index in [0.29, 0.717) is 6.42 Å². The summed E-state index contributed by atoms with van der Waals surface area (Å²) in [5.41, 5.74) is 1.83. The standard InChI is InChI=1S/C19H21NO3S/c21-18(11-14-7-3-1-4-8-14)16(15-9-5-2-6-10-15)12-20-17(13-24)19(22)23/h1-10,16-17,20,24H,11-13H2,(H,22,23)/t16?,17-/m0/s1. The van der Waals surface area contributed by atoms with Gasteiger partial charge in [-0.15, -0.1) is 0 Å². The zero-order valence-electron chi connectivity index (χ0n) is 13.3. The molecule has 0 heterocycles. The number of carbonyl (C=O) groups is 2. The van der Waals surface area contributed by atoms with Crippen molar-refractivity contribution in [2.24, 2.45) is 0 Å². The van der Waals surface area contributed by atoms with Crippen LogP contribution < -0.4 is 5.32 Å². The van der Waals surface area contributed by atoms with Crippen molar-refractivity contribution in [3.05, 3.63) is 71.8 Å². The van der Waals surface area contributed by atoms with Crippen molar-refractivity contribution in [3.63, 3.8) is 0 Å².